The van der Waals surface area contributed by atoms with Crippen molar-refractivity contribution < 1.29 is 5.11 Å². The first-order chi connectivity index (χ1) is 7.50. The minimum atomic E-state index is -0.485. The van der Waals surface area contributed by atoms with Crippen LogP contribution in [0.5, 0.6) is 0 Å². The predicted octanol–water partition coefficient (Wildman–Crippen LogP) is 3.10. The smallest absolute Gasteiger partial charge is 0.0788 e. The van der Waals surface area contributed by atoms with E-state index in [-0.39, 0.29) is 0 Å². The number of aryl methyl sites for hydroxylation is 2. The third-order valence-electron chi connectivity index (χ3n) is 3.45. The fourth-order valence-electron chi connectivity index (χ4n) is 2.53. The quantitative estimate of drug-likeness (QED) is 0.851. The first-order valence-electron chi connectivity index (χ1n) is 5.89. The van der Waals surface area contributed by atoms with Crippen LogP contribution in [0.2, 0.25) is 0 Å². The van der Waals surface area contributed by atoms with E-state index in [1.807, 2.05) is 11.8 Å². The highest BCUT2D eigenvalue weighted by molar-refractivity contribution is 8.00. The lowest BCUT2D eigenvalue weighted by Crippen LogP contribution is -2.32. The van der Waals surface area contributed by atoms with Crippen LogP contribution in [0.25, 0.3) is 0 Å². The van der Waals surface area contributed by atoms with Crippen molar-refractivity contribution in [2.75, 3.05) is 5.75 Å². The van der Waals surface area contributed by atoms with Gasteiger partial charge in [-0.1, -0.05) is 25.1 Å². The van der Waals surface area contributed by atoms with E-state index in [1.165, 1.54) is 16.7 Å². The molecule has 0 bridgehead atoms. The summed E-state index contributed by atoms with van der Waals surface area (Å²) in [5.74, 6) is 0.877. The zero-order valence-corrected chi connectivity index (χ0v) is 11.1. The van der Waals surface area contributed by atoms with Crippen LogP contribution in [-0.4, -0.2) is 21.7 Å². The summed E-state index contributed by atoms with van der Waals surface area (Å²) in [6.07, 6.45) is 1.73. The molecule has 16 heavy (non-hydrogen) atoms. The van der Waals surface area contributed by atoms with Gasteiger partial charge < -0.3 is 5.11 Å². The Bertz CT molecular complexity index is 368. The molecular weight excluding hydrogens is 216 g/mol. The number of thioether (sulfide) groups is 1. The maximum atomic E-state index is 10.5. The van der Waals surface area contributed by atoms with E-state index >= 15 is 0 Å². The molecule has 1 saturated heterocycles. The first kappa shape index (κ1) is 12.0. The minimum Gasteiger partial charge on any atom is -0.389 e. The van der Waals surface area contributed by atoms with E-state index < -0.39 is 5.60 Å². The topological polar surface area (TPSA) is 20.2 Å². The van der Waals surface area contributed by atoms with Gasteiger partial charge in [-0.2, -0.15) is 11.8 Å². The van der Waals surface area contributed by atoms with E-state index in [9.17, 15) is 5.11 Å². The average molecular weight is 236 g/mol. The van der Waals surface area contributed by atoms with E-state index in [2.05, 4.69) is 39.0 Å². The Hall–Kier alpha value is -0.470. The molecule has 1 aromatic carbocycles. The van der Waals surface area contributed by atoms with Crippen LogP contribution in [0, 0.1) is 13.8 Å². The van der Waals surface area contributed by atoms with Crippen LogP contribution in [-0.2, 0) is 6.42 Å². The van der Waals surface area contributed by atoms with Crippen LogP contribution in [0.3, 0.4) is 0 Å². The van der Waals surface area contributed by atoms with Gasteiger partial charge in [0.05, 0.1) is 5.60 Å². The molecule has 1 aliphatic heterocycles. The fraction of sp³-hybridized carbons (Fsp3) is 0.571. The van der Waals surface area contributed by atoms with Crippen molar-refractivity contribution in [1.82, 2.24) is 0 Å². The maximum Gasteiger partial charge on any atom is 0.0788 e. The van der Waals surface area contributed by atoms with Gasteiger partial charge in [0.25, 0.3) is 0 Å². The van der Waals surface area contributed by atoms with Gasteiger partial charge in [-0.3, -0.25) is 0 Å². The van der Waals surface area contributed by atoms with E-state index in [1.54, 1.807) is 0 Å². The molecule has 0 spiro atoms. The molecule has 0 aliphatic carbocycles. The van der Waals surface area contributed by atoms with E-state index in [0.29, 0.717) is 5.25 Å². The molecule has 1 fully saturated rings. The molecule has 2 unspecified atom stereocenters. The van der Waals surface area contributed by atoms with Gasteiger partial charge in [-0.15, -0.1) is 0 Å². The molecule has 0 amide bonds. The Morgan fingerprint density at radius 3 is 2.50 bits per heavy atom. The third kappa shape index (κ3) is 2.44. The van der Waals surface area contributed by atoms with Crippen LogP contribution < -0.4 is 0 Å². The van der Waals surface area contributed by atoms with E-state index in [0.717, 1.165) is 18.6 Å². The molecule has 2 rings (SSSR count). The SMILES string of the molecule is Cc1cccc(C)c1CC1(O)CSC(C)C1. The molecule has 0 radical (unpaired) electrons. The number of benzene rings is 1. The van der Waals surface area contributed by atoms with Crippen LogP contribution in [0.4, 0.5) is 0 Å². The number of hydrogen-bond acceptors (Lipinski definition) is 2. The summed E-state index contributed by atoms with van der Waals surface area (Å²) < 4.78 is 0. The molecule has 1 aliphatic rings. The number of hydrogen-bond donors (Lipinski definition) is 1. The highest BCUT2D eigenvalue weighted by Crippen LogP contribution is 2.37. The third-order valence-corrected chi connectivity index (χ3v) is 4.89. The van der Waals surface area contributed by atoms with Crippen molar-refractivity contribution >= 4 is 11.8 Å². The normalized spacial score (nSPS) is 29.6. The standard InChI is InChI=1S/C14H20OS/c1-10-5-4-6-11(2)13(10)8-14(15)7-12(3)16-9-14/h4-6,12,15H,7-9H2,1-3H3. The Labute approximate surface area is 102 Å². The fourth-order valence-corrected chi connectivity index (χ4v) is 3.77. The number of rotatable bonds is 2. The zero-order chi connectivity index (χ0) is 11.8. The van der Waals surface area contributed by atoms with Crippen molar-refractivity contribution in [3.05, 3.63) is 34.9 Å². The Morgan fingerprint density at radius 1 is 1.38 bits per heavy atom. The largest absolute Gasteiger partial charge is 0.389 e. The summed E-state index contributed by atoms with van der Waals surface area (Å²) in [7, 11) is 0. The molecule has 1 aromatic rings. The molecule has 1 nitrogen and oxygen atoms in total. The van der Waals surface area contributed by atoms with Crippen LogP contribution >= 0.6 is 11.8 Å². The lowest BCUT2D eigenvalue weighted by atomic mass is 9.88. The van der Waals surface area contributed by atoms with Crippen LogP contribution in [0.15, 0.2) is 18.2 Å². The summed E-state index contributed by atoms with van der Waals surface area (Å²) in [6.45, 7) is 6.47. The van der Waals surface area contributed by atoms with Crippen molar-refractivity contribution in [2.24, 2.45) is 0 Å². The summed E-state index contributed by atoms with van der Waals surface area (Å²) in [5.41, 5.74) is 3.46. The second kappa shape index (κ2) is 4.42. The number of aliphatic hydroxyl groups is 1. The lowest BCUT2D eigenvalue weighted by Gasteiger charge is -2.24. The second-order valence-electron chi connectivity index (χ2n) is 5.10. The summed E-state index contributed by atoms with van der Waals surface area (Å²) in [4.78, 5) is 0. The Kier molecular flexibility index (Phi) is 3.32. The molecule has 2 atom stereocenters. The van der Waals surface area contributed by atoms with Gasteiger partial charge in [0.1, 0.15) is 0 Å². The van der Waals surface area contributed by atoms with Gasteiger partial charge in [0.15, 0.2) is 0 Å². The van der Waals surface area contributed by atoms with Gasteiger partial charge in [0, 0.05) is 17.4 Å². The molecule has 1 heterocycles. The average Bonchev–Trinajstić information content (AvgIpc) is 2.53. The van der Waals surface area contributed by atoms with Crippen molar-refractivity contribution in [1.29, 1.82) is 0 Å². The van der Waals surface area contributed by atoms with Gasteiger partial charge in [0.2, 0.25) is 0 Å². The van der Waals surface area contributed by atoms with Crippen molar-refractivity contribution in [3.8, 4) is 0 Å². The maximum absolute atomic E-state index is 10.5. The van der Waals surface area contributed by atoms with Crippen LogP contribution in [0.1, 0.15) is 30.0 Å². The molecular formula is C14H20OS. The summed E-state index contributed by atoms with van der Waals surface area (Å²) in [5, 5.41) is 11.1. The Balaban J connectivity index is 2.21. The lowest BCUT2D eigenvalue weighted by molar-refractivity contribution is 0.0639. The molecule has 88 valence electrons. The highest BCUT2D eigenvalue weighted by Gasteiger charge is 2.36. The highest BCUT2D eigenvalue weighted by atomic mass is 32.2. The van der Waals surface area contributed by atoms with Crippen molar-refractivity contribution in [2.45, 2.75) is 44.5 Å². The van der Waals surface area contributed by atoms with Gasteiger partial charge in [-0.05, 0) is 37.0 Å². The van der Waals surface area contributed by atoms with Gasteiger partial charge in [-0.25, -0.2) is 0 Å². The molecule has 0 saturated carbocycles. The monoisotopic (exact) mass is 236 g/mol. The van der Waals surface area contributed by atoms with E-state index in [4.69, 9.17) is 0 Å². The Morgan fingerprint density at radius 2 is 2.00 bits per heavy atom. The van der Waals surface area contributed by atoms with Gasteiger partial charge >= 0.3 is 0 Å². The second-order valence-corrected chi connectivity index (χ2v) is 6.52. The molecule has 0 aromatic heterocycles. The molecule has 2 heteroatoms. The first-order valence-corrected chi connectivity index (χ1v) is 6.94. The van der Waals surface area contributed by atoms with Crippen molar-refractivity contribution in [3.63, 3.8) is 0 Å². The summed E-state index contributed by atoms with van der Waals surface area (Å²) in [6, 6.07) is 6.36. The predicted molar refractivity (Wildman–Crippen MR) is 71.1 cm³/mol. The minimum absolute atomic E-state index is 0.485. The zero-order valence-electron chi connectivity index (χ0n) is 10.3. The molecule has 1 N–H and O–H groups in total. The summed E-state index contributed by atoms with van der Waals surface area (Å²) >= 11 is 1.89.